The molecule has 0 saturated heterocycles. The van der Waals surface area contributed by atoms with E-state index in [0.29, 0.717) is 22.6 Å². The maximum atomic E-state index is 13.0. The summed E-state index contributed by atoms with van der Waals surface area (Å²) in [6.07, 6.45) is 3.65. The Kier molecular flexibility index (Phi) is 7.03. The molecule has 1 aromatic carbocycles. The van der Waals surface area contributed by atoms with E-state index < -0.39 is 17.7 Å². The summed E-state index contributed by atoms with van der Waals surface area (Å²) in [5.41, 5.74) is 1.42. The van der Waals surface area contributed by atoms with E-state index >= 15 is 0 Å². The Balaban J connectivity index is 1.21. The summed E-state index contributed by atoms with van der Waals surface area (Å²) in [5.74, 6) is 0.00791. The van der Waals surface area contributed by atoms with E-state index in [-0.39, 0.29) is 35.8 Å². The standard InChI is InChI=1S/C26H23F3N6O3/c27-26(28,29)19-3-1-2-16(11-19)23-33-24(35-34-23)17-6-9-21(30-12-17)18-13-31-25(32-14-18)38-20-7-4-15(5-8-20)10-22(36)37/h1-3,6,9,11-15,20H,4-5,7-8,10H2,(H,36,37)(H,33,34,35)/t15-,20-. The van der Waals surface area contributed by atoms with Crippen LogP contribution in [0, 0.1) is 5.92 Å². The molecular weight excluding hydrogens is 501 g/mol. The molecule has 0 spiro atoms. The minimum absolute atomic E-state index is 0.0361. The number of alkyl halides is 3. The van der Waals surface area contributed by atoms with Crippen molar-refractivity contribution < 1.29 is 27.8 Å². The number of carboxylic acid groups (broad SMARTS) is 1. The molecule has 0 aliphatic heterocycles. The van der Waals surface area contributed by atoms with Crippen LogP contribution in [-0.2, 0) is 11.0 Å². The molecule has 5 rings (SSSR count). The zero-order valence-corrected chi connectivity index (χ0v) is 20.0. The molecule has 0 radical (unpaired) electrons. The Morgan fingerprint density at radius 2 is 1.61 bits per heavy atom. The van der Waals surface area contributed by atoms with Crippen LogP contribution in [-0.4, -0.2) is 47.3 Å². The predicted octanol–water partition coefficient (Wildman–Crippen LogP) is 5.42. The Bertz CT molecular complexity index is 1400. The minimum Gasteiger partial charge on any atom is -0.481 e. The lowest BCUT2D eigenvalue weighted by atomic mass is 9.85. The number of aliphatic carboxylic acids is 1. The number of aromatic nitrogens is 6. The van der Waals surface area contributed by atoms with Crippen LogP contribution in [0.25, 0.3) is 34.0 Å². The van der Waals surface area contributed by atoms with E-state index in [9.17, 15) is 18.0 Å². The molecule has 0 amide bonds. The third-order valence-electron chi connectivity index (χ3n) is 6.44. The number of H-pyrrole nitrogens is 1. The summed E-state index contributed by atoms with van der Waals surface area (Å²) >= 11 is 0. The van der Waals surface area contributed by atoms with Gasteiger partial charge in [-0.1, -0.05) is 12.1 Å². The molecule has 9 nitrogen and oxygen atoms in total. The lowest BCUT2D eigenvalue weighted by Gasteiger charge is -2.27. The van der Waals surface area contributed by atoms with Crippen molar-refractivity contribution in [2.45, 2.75) is 44.4 Å². The highest BCUT2D eigenvalue weighted by atomic mass is 19.4. The highest BCUT2D eigenvalue weighted by Crippen LogP contribution is 2.32. The van der Waals surface area contributed by atoms with Crippen LogP contribution in [0.4, 0.5) is 13.2 Å². The summed E-state index contributed by atoms with van der Waals surface area (Å²) in [4.78, 5) is 26.8. The van der Waals surface area contributed by atoms with Crippen LogP contribution in [0.3, 0.4) is 0 Å². The van der Waals surface area contributed by atoms with E-state index in [1.165, 1.54) is 12.1 Å². The molecule has 38 heavy (non-hydrogen) atoms. The molecule has 3 aromatic heterocycles. The van der Waals surface area contributed by atoms with Gasteiger partial charge in [-0.05, 0) is 55.9 Å². The summed E-state index contributed by atoms with van der Waals surface area (Å²) in [5, 5.41) is 17.0. The second kappa shape index (κ2) is 10.6. The third kappa shape index (κ3) is 5.96. The number of aromatic amines is 1. The van der Waals surface area contributed by atoms with Crippen LogP contribution in [0.15, 0.2) is 55.0 Å². The number of carbonyl (C=O) groups is 1. The maximum Gasteiger partial charge on any atom is 0.416 e. The van der Waals surface area contributed by atoms with Crippen molar-refractivity contribution in [3.63, 3.8) is 0 Å². The zero-order chi connectivity index (χ0) is 26.7. The lowest BCUT2D eigenvalue weighted by molar-refractivity contribution is -0.139. The number of benzene rings is 1. The fourth-order valence-electron chi connectivity index (χ4n) is 4.43. The van der Waals surface area contributed by atoms with Crippen molar-refractivity contribution >= 4 is 5.97 Å². The lowest BCUT2D eigenvalue weighted by Crippen LogP contribution is -2.25. The van der Waals surface area contributed by atoms with Gasteiger partial charge < -0.3 is 14.8 Å². The van der Waals surface area contributed by atoms with Gasteiger partial charge in [0.2, 0.25) is 0 Å². The summed E-state index contributed by atoms with van der Waals surface area (Å²) < 4.78 is 44.9. The molecule has 0 atom stereocenters. The molecule has 3 heterocycles. The normalized spacial score (nSPS) is 17.8. The molecule has 196 valence electrons. The van der Waals surface area contributed by atoms with Crippen LogP contribution >= 0.6 is 0 Å². The topological polar surface area (TPSA) is 127 Å². The molecule has 1 aliphatic rings. The van der Waals surface area contributed by atoms with Crippen LogP contribution in [0.1, 0.15) is 37.7 Å². The molecule has 4 aromatic rings. The number of pyridine rings is 1. The maximum absolute atomic E-state index is 13.0. The van der Waals surface area contributed by atoms with Gasteiger partial charge in [-0.2, -0.15) is 13.2 Å². The smallest absolute Gasteiger partial charge is 0.416 e. The number of carboxylic acids is 1. The molecular formula is C26H23F3N6O3. The van der Waals surface area contributed by atoms with Gasteiger partial charge in [0.1, 0.15) is 6.10 Å². The van der Waals surface area contributed by atoms with Gasteiger partial charge in [-0.15, -0.1) is 10.2 Å². The van der Waals surface area contributed by atoms with Gasteiger partial charge in [0.05, 0.1) is 11.3 Å². The first-order valence-electron chi connectivity index (χ1n) is 12.0. The zero-order valence-electron chi connectivity index (χ0n) is 20.0. The van der Waals surface area contributed by atoms with Crippen LogP contribution < -0.4 is 4.74 Å². The van der Waals surface area contributed by atoms with Gasteiger partial charge in [-0.25, -0.2) is 9.97 Å². The van der Waals surface area contributed by atoms with E-state index in [1.807, 2.05) is 0 Å². The van der Waals surface area contributed by atoms with Crippen molar-refractivity contribution in [3.05, 3.63) is 60.6 Å². The van der Waals surface area contributed by atoms with Gasteiger partial charge in [-0.3, -0.25) is 9.78 Å². The largest absolute Gasteiger partial charge is 0.481 e. The fourth-order valence-corrected chi connectivity index (χ4v) is 4.43. The molecule has 0 bridgehead atoms. The number of ether oxygens (including phenoxy) is 1. The van der Waals surface area contributed by atoms with Crippen molar-refractivity contribution in [3.8, 4) is 40.0 Å². The number of nitrogens with zero attached hydrogens (tertiary/aromatic N) is 5. The Morgan fingerprint density at radius 3 is 2.24 bits per heavy atom. The highest BCUT2D eigenvalue weighted by molar-refractivity contribution is 5.67. The van der Waals surface area contributed by atoms with Crippen molar-refractivity contribution in [1.29, 1.82) is 0 Å². The van der Waals surface area contributed by atoms with E-state index in [2.05, 4.69) is 30.1 Å². The Hall–Kier alpha value is -4.35. The first-order chi connectivity index (χ1) is 18.2. The summed E-state index contributed by atoms with van der Waals surface area (Å²) in [6.45, 7) is 0. The van der Waals surface area contributed by atoms with Crippen LogP contribution in [0.2, 0.25) is 0 Å². The molecule has 0 unspecified atom stereocenters. The van der Waals surface area contributed by atoms with Gasteiger partial charge in [0.25, 0.3) is 0 Å². The van der Waals surface area contributed by atoms with Crippen LogP contribution in [0.5, 0.6) is 6.01 Å². The Morgan fingerprint density at radius 1 is 0.921 bits per heavy atom. The van der Waals surface area contributed by atoms with Crippen molar-refractivity contribution in [2.24, 2.45) is 5.92 Å². The van der Waals surface area contributed by atoms with Crippen molar-refractivity contribution in [2.75, 3.05) is 0 Å². The Labute approximate surface area is 215 Å². The summed E-state index contributed by atoms with van der Waals surface area (Å²) in [7, 11) is 0. The molecule has 1 saturated carbocycles. The molecule has 12 heteroatoms. The van der Waals surface area contributed by atoms with Crippen molar-refractivity contribution in [1.82, 2.24) is 30.1 Å². The second-order valence-corrected chi connectivity index (χ2v) is 9.15. The monoisotopic (exact) mass is 524 g/mol. The average molecular weight is 525 g/mol. The number of nitrogens with one attached hydrogen (secondary N) is 1. The number of rotatable bonds is 7. The van der Waals surface area contributed by atoms with Gasteiger partial charge in [0, 0.05) is 41.7 Å². The average Bonchev–Trinajstić information content (AvgIpc) is 3.40. The number of halogens is 3. The highest BCUT2D eigenvalue weighted by Gasteiger charge is 2.30. The van der Waals surface area contributed by atoms with E-state index in [1.54, 1.807) is 30.7 Å². The molecule has 2 N–H and O–H groups in total. The number of hydrogen-bond acceptors (Lipinski definition) is 7. The second-order valence-electron chi connectivity index (χ2n) is 9.15. The first kappa shape index (κ1) is 25.3. The van der Waals surface area contributed by atoms with E-state index in [4.69, 9.17) is 9.84 Å². The quantitative estimate of drug-likeness (QED) is 0.328. The first-order valence-corrected chi connectivity index (χ1v) is 12.0. The van der Waals surface area contributed by atoms with Gasteiger partial charge >= 0.3 is 18.2 Å². The summed E-state index contributed by atoms with van der Waals surface area (Å²) in [6, 6.07) is 8.64. The minimum atomic E-state index is -4.45. The number of hydrogen-bond donors (Lipinski definition) is 2. The SMILES string of the molecule is O=C(O)C[C@H]1CC[C@H](Oc2ncc(-c3ccc(-c4nnc(-c5cccc(C(F)(F)F)c5)[nH]4)cn3)cn2)CC1. The molecule has 1 aliphatic carbocycles. The third-order valence-corrected chi connectivity index (χ3v) is 6.44. The predicted molar refractivity (Wildman–Crippen MR) is 130 cm³/mol. The van der Waals surface area contributed by atoms with Gasteiger partial charge in [0.15, 0.2) is 11.6 Å². The van der Waals surface area contributed by atoms with E-state index in [0.717, 1.165) is 37.8 Å². The molecule has 1 fully saturated rings. The fraction of sp³-hybridized carbons (Fsp3) is 0.308.